The van der Waals surface area contributed by atoms with Gasteiger partial charge >= 0.3 is 0 Å². The molecule has 2 aromatic carbocycles. The third-order valence-electron chi connectivity index (χ3n) is 4.02. The fraction of sp³-hybridized carbons (Fsp3) is 0.286. The van der Waals surface area contributed by atoms with Crippen molar-refractivity contribution in [1.29, 1.82) is 5.26 Å². The number of hydrogen-bond donors (Lipinski definition) is 3. The highest BCUT2D eigenvalue weighted by molar-refractivity contribution is 5.94. The molecule has 1 amide bonds. The van der Waals surface area contributed by atoms with E-state index in [2.05, 4.69) is 20.9 Å². The highest BCUT2D eigenvalue weighted by Gasteiger charge is 2.20. The van der Waals surface area contributed by atoms with Gasteiger partial charge in [0.25, 0.3) is 5.91 Å². The van der Waals surface area contributed by atoms with Crippen molar-refractivity contribution in [3.05, 3.63) is 65.5 Å². The average molecular weight is 381 g/mol. The Hall–Kier alpha value is -3.40. The van der Waals surface area contributed by atoms with Crippen LogP contribution >= 0.6 is 0 Å². The van der Waals surface area contributed by atoms with E-state index in [1.54, 1.807) is 30.5 Å². The molecule has 0 bridgehead atoms. The Morgan fingerprint density at radius 1 is 1.14 bits per heavy atom. The first-order valence-corrected chi connectivity index (χ1v) is 8.87. The quantitative estimate of drug-likeness (QED) is 0.406. The Balaban J connectivity index is 1.90. The lowest BCUT2D eigenvalue weighted by Gasteiger charge is -2.26. The lowest BCUT2D eigenvalue weighted by Crippen LogP contribution is -2.43. The summed E-state index contributed by atoms with van der Waals surface area (Å²) >= 11 is 0. The molecule has 2 aromatic rings. The maximum Gasteiger partial charge on any atom is 0.251 e. The SMILES string of the molecule is Cc1ccc(C(=O)NCC(C)(C)CNC(=NC#N)Nc2cccc(F)c2)cc1. The lowest BCUT2D eigenvalue weighted by atomic mass is 9.93. The topological polar surface area (TPSA) is 89.3 Å². The Morgan fingerprint density at radius 3 is 2.46 bits per heavy atom. The van der Waals surface area contributed by atoms with Gasteiger partial charge in [-0.25, -0.2) is 4.39 Å². The number of nitrogens with one attached hydrogen (secondary N) is 3. The third-order valence-corrected chi connectivity index (χ3v) is 4.02. The molecule has 0 aliphatic heterocycles. The third kappa shape index (κ3) is 6.72. The molecule has 0 spiro atoms. The number of benzene rings is 2. The van der Waals surface area contributed by atoms with Crippen LogP contribution in [0.4, 0.5) is 10.1 Å². The van der Waals surface area contributed by atoms with Crippen molar-refractivity contribution in [1.82, 2.24) is 10.6 Å². The molecule has 0 saturated heterocycles. The fourth-order valence-electron chi connectivity index (χ4n) is 2.38. The van der Waals surface area contributed by atoms with Crippen LogP contribution in [0.2, 0.25) is 0 Å². The van der Waals surface area contributed by atoms with Gasteiger partial charge in [-0.05, 0) is 42.7 Å². The van der Waals surface area contributed by atoms with Crippen LogP contribution in [-0.2, 0) is 0 Å². The van der Waals surface area contributed by atoms with Crippen molar-refractivity contribution < 1.29 is 9.18 Å². The lowest BCUT2D eigenvalue weighted by molar-refractivity contribution is 0.0937. The number of halogens is 1. The van der Waals surface area contributed by atoms with Crippen molar-refractivity contribution in [2.45, 2.75) is 20.8 Å². The number of hydrogen-bond acceptors (Lipinski definition) is 3. The van der Waals surface area contributed by atoms with Crippen LogP contribution in [-0.4, -0.2) is 25.0 Å². The number of amides is 1. The number of aliphatic imine (C=N–C) groups is 1. The molecule has 0 heterocycles. The summed E-state index contributed by atoms with van der Waals surface area (Å²) in [5, 5.41) is 17.7. The molecule has 7 heteroatoms. The summed E-state index contributed by atoms with van der Waals surface area (Å²) in [4.78, 5) is 16.0. The van der Waals surface area contributed by atoms with Gasteiger partial charge in [-0.15, -0.1) is 4.99 Å². The van der Waals surface area contributed by atoms with Crippen molar-refractivity contribution in [2.24, 2.45) is 10.4 Å². The first kappa shape index (κ1) is 20.9. The second-order valence-corrected chi connectivity index (χ2v) is 7.26. The van der Waals surface area contributed by atoms with Gasteiger partial charge in [-0.3, -0.25) is 4.79 Å². The van der Waals surface area contributed by atoms with E-state index < -0.39 is 0 Å². The summed E-state index contributed by atoms with van der Waals surface area (Å²) in [6.07, 6.45) is 1.71. The molecule has 0 fully saturated rings. The summed E-state index contributed by atoms with van der Waals surface area (Å²) in [6.45, 7) is 6.77. The molecule has 3 N–H and O–H groups in total. The van der Waals surface area contributed by atoms with E-state index in [0.717, 1.165) is 5.56 Å². The van der Waals surface area contributed by atoms with Crippen molar-refractivity contribution in [3.8, 4) is 6.19 Å². The molecule has 0 aliphatic carbocycles. The molecule has 0 radical (unpaired) electrons. The molecule has 0 atom stereocenters. The highest BCUT2D eigenvalue weighted by atomic mass is 19.1. The van der Waals surface area contributed by atoms with Gasteiger partial charge in [0, 0.05) is 24.3 Å². The van der Waals surface area contributed by atoms with E-state index in [4.69, 9.17) is 5.26 Å². The van der Waals surface area contributed by atoms with Crippen LogP contribution in [0.3, 0.4) is 0 Å². The van der Waals surface area contributed by atoms with Crippen LogP contribution in [0, 0.1) is 29.6 Å². The van der Waals surface area contributed by atoms with Crippen LogP contribution in [0.25, 0.3) is 0 Å². The largest absolute Gasteiger partial charge is 0.355 e. The summed E-state index contributed by atoms with van der Waals surface area (Å²) < 4.78 is 13.3. The molecule has 2 rings (SSSR count). The summed E-state index contributed by atoms with van der Waals surface area (Å²) in [6, 6.07) is 13.2. The van der Waals surface area contributed by atoms with Crippen LogP contribution in [0.5, 0.6) is 0 Å². The van der Waals surface area contributed by atoms with Gasteiger partial charge in [0.1, 0.15) is 5.82 Å². The van der Waals surface area contributed by atoms with Crippen molar-refractivity contribution in [2.75, 3.05) is 18.4 Å². The van der Waals surface area contributed by atoms with Gasteiger partial charge in [0.2, 0.25) is 12.2 Å². The Bertz CT molecular complexity index is 884. The molecule has 0 aromatic heterocycles. The molecule has 0 saturated carbocycles. The number of rotatable bonds is 6. The van der Waals surface area contributed by atoms with E-state index in [-0.39, 0.29) is 23.1 Å². The van der Waals surface area contributed by atoms with E-state index in [0.29, 0.717) is 24.3 Å². The minimum Gasteiger partial charge on any atom is -0.355 e. The van der Waals surface area contributed by atoms with Gasteiger partial charge in [-0.2, -0.15) is 5.26 Å². The van der Waals surface area contributed by atoms with Crippen molar-refractivity contribution in [3.63, 3.8) is 0 Å². The van der Waals surface area contributed by atoms with Gasteiger partial charge in [0.15, 0.2) is 0 Å². The zero-order valence-electron chi connectivity index (χ0n) is 16.2. The predicted octanol–water partition coefficient (Wildman–Crippen LogP) is 3.43. The molecular weight excluding hydrogens is 357 g/mol. The number of carbonyl (C=O) groups is 1. The second kappa shape index (κ2) is 9.51. The predicted molar refractivity (Wildman–Crippen MR) is 108 cm³/mol. The molecular formula is C21H24FN5O. The van der Waals surface area contributed by atoms with Crippen molar-refractivity contribution >= 4 is 17.6 Å². The Morgan fingerprint density at radius 2 is 1.82 bits per heavy atom. The first-order valence-electron chi connectivity index (χ1n) is 8.87. The Kier molecular flexibility index (Phi) is 7.10. The highest BCUT2D eigenvalue weighted by Crippen LogP contribution is 2.13. The van der Waals surface area contributed by atoms with E-state index in [1.165, 1.54) is 12.1 Å². The summed E-state index contributed by atoms with van der Waals surface area (Å²) in [5.41, 5.74) is 1.86. The van der Waals surface area contributed by atoms with Gasteiger partial charge in [0.05, 0.1) is 0 Å². The zero-order chi connectivity index (χ0) is 20.6. The number of nitriles is 1. The molecule has 28 heavy (non-hydrogen) atoms. The van der Waals surface area contributed by atoms with E-state index in [9.17, 15) is 9.18 Å². The molecule has 6 nitrogen and oxygen atoms in total. The first-order chi connectivity index (χ1) is 13.3. The monoisotopic (exact) mass is 381 g/mol. The number of aryl methyl sites for hydroxylation is 1. The maximum absolute atomic E-state index is 13.3. The van der Waals surface area contributed by atoms with Gasteiger partial charge < -0.3 is 16.0 Å². The fourth-order valence-corrected chi connectivity index (χ4v) is 2.38. The summed E-state index contributed by atoms with van der Waals surface area (Å²) in [7, 11) is 0. The Labute approximate surface area is 164 Å². The number of carbonyl (C=O) groups excluding carboxylic acids is 1. The molecule has 146 valence electrons. The second-order valence-electron chi connectivity index (χ2n) is 7.26. The number of guanidine groups is 1. The smallest absolute Gasteiger partial charge is 0.251 e. The van der Waals surface area contributed by atoms with Crippen LogP contribution in [0.15, 0.2) is 53.5 Å². The minimum atomic E-state index is -0.388. The van der Waals surface area contributed by atoms with Crippen LogP contribution in [0.1, 0.15) is 29.8 Å². The molecule has 0 aliphatic rings. The average Bonchev–Trinajstić information content (AvgIpc) is 2.65. The number of nitrogens with zero attached hydrogens (tertiary/aromatic N) is 2. The van der Waals surface area contributed by atoms with Crippen LogP contribution < -0.4 is 16.0 Å². The minimum absolute atomic E-state index is 0.142. The number of anilines is 1. The standard InChI is InChI=1S/C21H24FN5O/c1-15-7-9-16(10-8-15)19(28)24-12-21(2,3)13-25-20(26-14-23)27-18-6-4-5-17(22)11-18/h4-11H,12-13H2,1-3H3,(H,24,28)(H2,25,26,27). The maximum atomic E-state index is 13.3. The summed E-state index contributed by atoms with van der Waals surface area (Å²) in [5.74, 6) is -0.316. The molecule has 0 unspecified atom stereocenters. The van der Waals surface area contributed by atoms with E-state index in [1.807, 2.05) is 32.9 Å². The van der Waals surface area contributed by atoms with Gasteiger partial charge in [-0.1, -0.05) is 37.6 Å². The van der Waals surface area contributed by atoms with E-state index >= 15 is 0 Å². The normalized spacial score (nSPS) is 11.5. The zero-order valence-corrected chi connectivity index (χ0v) is 16.2.